The zero-order chi connectivity index (χ0) is 13.8. The lowest BCUT2D eigenvalue weighted by atomic mass is 9.93. The highest BCUT2D eigenvalue weighted by Gasteiger charge is 2.20. The summed E-state index contributed by atoms with van der Waals surface area (Å²) < 4.78 is 16.6. The van der Waals surface area contributed by atoms with Gasteiger partial charge in [-0.2, -0.15) is 0 Å². The average Bonchev–Trinajstić information content (AvgIpc) is 2.53. The predicted molar refractivity (Wildman–Crippen MR) is 77.3 cm³/mol. The molecule has 4 nitrogen and oxygen atoms in total. The summed E-state index contributed by atoms with van der Waals surface area (Å²) in [5, 5.41) is 3.62. The van der Waals surface area contributed by atoms with E-state index in [0.29, 0.717) is 19.3 Å². The molecule has 2 heterocycles. The molecule has 1 saturated heterocycles. The first-order valence-corrected chi connectivity index (χ1v) is 7.52. The van der Waals surface area contributed by atoms with Gasteiger partial charge in [0.25, 0.3) is 0 Å². The van der Waals surface area contributed by atoms with Crippen molar-refractivity contribution in [2.75, 3.05) is 26.4 Å². The minimum Gasteiger partial charge on any atom is -0.486 e. The Balaban J connectivity index is 1.55. The quantitative estimate of drug-likeness (QED) is 0.917. The average molecular weight is 277 g/mol. The van der Waals surface area contributed by atoms with Crippen molar-refractivity contribution in [3.8, 4) is 11.5 Å². The molecule has 2 aliphatic heterocycles. The van der Waals surface area contributed by atoms with Crippen LogP contribution < -0.4 is 14.8 Å². The second-order valence-electron chi connectivity index (χ2n) is 5.60. The van der Waals surface area contributed by atoms with E-state index >= 15 is 0 Å². The molecule has 2 aliphatic rings. The fourth-order valence-electron chi connectivity index (χ4n) is 2.86. The van der Waals surface area contributed by atoms with Crippen LogP contribution in [0, 0.1) is 5.92 Å². The van der Waals surface area contributed by atoms with Gasteiger partial charge in [-0.15, -0.1) is 0 Å². The highest BCUT2D eigenvalue weighted by atomic mass is 16.6. The van der Waals surface area contributed by atoms with Gasteiger partial charge >= 0.3 is 0 Å². The van der Waals surface area contributed by atoms with Crippen LogP contribution in [0.1, 0.15) is 25.3 Å². The minimum atomic E-state index is 0.520. The van der Waals surface area contributed by atoms with Gasteiger partial charge in [-0.05, 0) is 43.4 Å². The third kappa shape index (κ3) is 3.25. The summed E-state index contributed by atoms with van der Waals surface area (Å²) in [6.07, 6.45) is 2.32. The van der Waals surface area contributed by atoms with E-state index in [2.05, 4.69) is 24.4 Å². The van der Waals surface area contributed by atoms with Gasteiger partial charge in [0.1, 0.15) is 13.2 Å². The Kier molecular flexibility index (Phi) is 4.43. The number of hydrogen-bond acceptors (Lipinski definition) is 4. The van der Waals surface area contributed by atoms with Gasteiger partial charge in [0, 0.05) is 25.8 Å². The van der Waals surface area contributed by atoms with Gasteiger partial charge in [-0.1, -0.05) is 6.07 Å². The van der Waals surface area contributed by atoms with Crippen LogP contribution in [0.2, 0.25) is 0 Å². The third-order valence-corrected chi connectivity index (χ3v) is 4.21. The lowest BCUT2D eigenvalue weighted by molar-refractivity contribution is 0.0558. The van der Waals surface area contributed by atoms with Crippen LogP contribution >= 0.6 is 0 Å². The first-order chi connectivity index (χ1) is 9.83. The summed E-state index contributed by atoms with van der Waals surface area (Å²) in [5.74, 6) is 2.45. The molecule has 110 valence electrons. The molecule has 3 rings (SSSR count). The first kappa shape index (κ1) is 13.7. The maximum atomic E-state index is 5.62. The van der Waals surface area contributed by atoms with Crippen molar-refractivity contribution in [1.82, 2.24) is 5.32 Å². The molecular formula is C16H23NO3. The normalized spacial score (nSPS) is 20.6. The molecule has 0 spiro atoms. The summed E-state index contributed by atoms with van der Waals surface area (Å²) in [7, 11) is 0. The van der Waals surface area contributed by atoms with Crippen LogP contribution in [0.4, 0.5) is 0 Å². The zero-order valence-corrected chi connectivity index (χ0v) is 12.1. The number of rotatable bonds is 4. The van der Waals surface area contributed by atoms with Gasteiger partial charge in [0.2, 0.25) is 0 Å². The van der Waals surface area contributed by atoms with Gasteiger partial charge in [0.15, 0.2) is 11.5 Å². The molecule has 1 aromatic carbocycles. The van der Waals surface area contributed by atoms with E-state index in [0.717, 1.165) is 50.0 Å². The summed E-state index contributed by atoms with van der Waals surface area (Å²) >= 11 is 0. The topological polar surface area (TPSA) is 39.7 Å². The van der Waals surface area contributed by atoms with Gasteiger partial charge in [-0.3, -0.25) is 0 Å². The lowest BCUT2D eigenvalue weighted by Crippen LogP contribution is -2.36. The first-order valence-electron chi connectivity index (χ1n) is 7.52. The fraction of sp³-hybridized carbons (Fsp3) is 0.625. The van der Waals surface area contributed by atoms with Crippen LogP contribution in [0.5, 0.6) is 11.5 Å². The van der Waals surface area contributed by atoms with Crippen molar-refractivity contribution in [1.29, 1.82) is 0 Å². The van der Waals surface area contributed by atoms with Crippen molar-refractivity contribution in [2.45, 2.75) is 32.4 Å². The molecule has 1 atom stereocenters. The van der Waals surface area contributed by atoms with E-state index in [-0.39, 0.29) is 0 Å². The number of hydrogen-bond donors (Lipinski definition) is 1. The highest BCUT2D eigenvalue weighted by Crippen LogP contribution is 2.30. The van der Waals surface area contributed by atoms with Gasteiger partial charge in [-0.25, -0.2) is 0 Å². The molecule has 0 bridgehead atoms. The van der Waals surface area contributed by atoms with Crippen molar-refractivity contribution in [2.24, 2.45) is 5.92 Å². The van der Waals surface area contributed by atoms with Crippen molar-refractivity contribution in [3.63, 3.8) is 0 Å². The minimum absolute atomic E-state index is 0.520. The maximum absolute atomic E-state index is 5.62. The fourth-order valence-corrected chi connectivity index (χ4v) is 2.86. The van der Waals surface area contributed by atoms with E-state index in [1.807, 2.05) is 6.07 Å². The second kappa shape index (κ2) is 6.46. The molecule has 0 aliphatic carbocycles. The zero-order valence-electron chi connectivity index (χ0n) is 12.1. The summed E-state index contributed by atoms with van der Waals surface area (Å²) in [5.41, 5.74) is 1.24. The molecule has 0 amide bonds. The SMILES string of the molecule is CC(NCc1ccc2c(c1)OCCO2)C1CCOCC1. The number of benzene rings is 1. The monoisotopic (exact) mass is 277 g/mol. The Hall–Kier alpha value is -1.26. The molecule has 1 fully saturated rings. The van der Waals surface area contributed by atoms with Crippen molar-refractivity contribution < 1.29 is 14.2 Å². The largest absolute Gasteiger partial charge is 0.486 e. The second-order valence-corrected chi connectivity index (χ2v) is 5.60. The van der Waals surface area contributed by atoms with E-state index in [1.54, 1.807) is 0 Å². The van der Waals surface area contributed by atoms with Crippen LogP contribution in [0.25, 0.3) is 0 Å². The molecule has 20 heavy (non-hydrogen) atoms. The summed E-state index contributed by atoms with van der Waals surface area (Å²) in [4.78, 5) is 0. The standard InChI is InChI=1S/C16H23NO3/c1-12(14-4-6-18-7-5-14)17-11-13-2-3-15-16(10-13)20-9-8-19-15/h2-3,10,12,14,17H,4-9,11H2,1H3. The number of fused-ring (bicyclic) bond motifs is 1. The third-order valence-electron chi connectivity index (χ3n) is 4.21. The lowest BCUT2D eigenvalue weighted by Gasteiger charge is -2.28. The molecule has 1 unspecified atom stereocenters. The molecule has 1 aromatic rings. The molecule has 0 saturated carbocycles. The van der Waals surface area contributed by atoms with E-state index in [4.69, 9.17) is 14.2 Å². The summed E-state index contributed by atoms with van der Waals surface area (Å²) in [6.45, 7) is 6.23. The summed E-state index contributed by atoms with van der Waals surface area (Å²) in [6, 6.07) is 6.71. The maximum Gasteiger partial charge on any atom is 0.161 e. The Morgan fingerprint density at radius 1 is 1.10 bits per heavy atom. The van der Waals surface area contributed by atoms with Crippen LogP contribution in [0.3, 0.4) is 0 Å². The van der Waals surface area contributed by atoms with Gasteiger partial charge < -0.3 is 19.5 Å². The van der Waals surface area contributed by atoms with E-state index in [9.17, 15) is 0 Å². The van der Waals surface area contributed by atoms with Gasteiger partial charge in [0.05, 0.1) is 0 Å². The van der Waals surface area contributed by atoms with Crippen LogP contribution in [-0.4, -0.2) is 32.5 Å². The number of nitrogens with one attached hydrogen (secondary N) is 1. The molecule has 1 N–H and O–H groups in total. The Morgan fingerprint density at radius 3 is 2.65 bits per heavy atom. The Bertz CT molecular complexity index is 443. The Labute approximate surface area is 120 Å². The predicted octanol–water partition coefficient (Wildman–Crippen LogP) is 2.36. The van der Waals surface area contributed by atoms with E-state index < -0.39 is 0 Å². The Morgan fingerprint density at radius 2 is 1.85 bits per heavy atom. The smallest absolute Gasteiger partial charge is 0.161 e. The molecule has 0 radical (unpaired) electrons. The van der Waals surface area contributed by atoms with Crippen molar-refractivity contribution in [3.05, 3.63) is 23.8 Å². The molecule has 4 heteroatoms. The molecular weight excluding hydrogens is 254 g/mol. The number of ether oxygens (including phenoxy) is 3. The molecule has 0 aromatic heterocycles. The highest BCUT2D eigenvalue weighted by molar-refractivity contribution is 5.43. The van der Waals surface area contributed by atoms with E-state index in [1.165, 1.54) is 5.56 Å². The van der Waals surface area contributed by atoms with Crippen LogP contribution in [-0.2, 0) is 11.3 Å². The van der Waals surface area contributed by atoms with Crippen molar-refractivity contribution >= 4 is 0 Å². The van der Waals surface area contributed by atoms with Crippen LogP contribution in [0.15, 0.2) is 18.2 Å².